The molecule has 0 saturated carbocycles. The van der Waals surface area contributed by atoms with Crippen LogP contribution in [0.5, 0.6) is 5.75 Å². The highest BCUT2D eigenvalue weighted by atomic mass is 35.5. The number of ether oxygens (including phenoxy) is 1. The monoisotopic (exact) mass is 454 g/mol. The van der Waals surface area contributed by atoms with Gasteiger partial charge < -0.3 is 15.0 Å². The van der Waals surface area contributed by atoms with Crippen molar-refractivity contribution < 1.29 is 18.7 Å². The van der Waals surface area contributed by atoms with Crippen LogP contribution >= 0.6 is 23.2 Å². The van der Waals surface area contributed by atoms with Crippen molar-refractivity contribution in [3.63, 3.8) is 0 Å². The molecule has 1 N–H and O–H groups in total. The number of halogens is 3. The Hall–Kier alpha value is -2.31. The molecule has 30 heavy (non-hydrogen) atoms. The van der Waals surface area contributed by atoms with Gasteiger partial charge in [-0.25, -0.2) is 4.39 Å². The van der Waals surface area contributed by atoms with Crippen molar-refractivity contribution in [2.75, 3.05) is 6.61 Å². The summed E-state index contributed by atoms with van der Waals surface area (Å²) in [7, 11) is 0. The summed E-state index contributed by atoms with van der Waals surface area (Å²) < 4.78 is 18.5. The molecular formula is C22H25Cl2FN2O3. The van der Waals surface area contributed by atoms with Crippen molar-refractivity contribution in [1.82, 2.24) is 10.2 Å². The zero-order valence-electron chi connectivity index (χ0n) is 17.3. The smallest absolute Gasteiger partial charge is 0.261 e. The molecule has 2 aromatic carbocycles. The van der Waals surface area contributed by atoms with Gasteiger partial charge in [-0.15, -0.1) is 0 Å². The average molecular weight is 455 g/mol. The number of benzene rings is 2. The number of hydrogen-bond donors (Lipinski definition) is 1. The average Bonchev–Trinajstić information content (AvgIpc) is 2.65. The highest BCUT2D eigenvalue weighted by Crippen LogP contribution is 2.23. The topological polar surface area (TPSA) is 58.6 Å². The van der Waals surface area contributed by atoms with E-state index in [0.717, 1.165) is 0 Å². The van der Waals surface area contributed by atoms with Crippen LogP contribution < -0.4 is 10.1 Å². The summed E-state index contributed by atoms with van der Waals surface area (Å²) in [4.78, 5) is 27.0. The number of hydrogen-bond acceptors (Lipinski definition) is 3. The summed E-state index contributed by atoms with van der Waals surface area (Å²) in [5.74, 6) is -0.772. The molecule has 0 bridgehead atoms. The fraction of sp³-hybridized carbons (Fsp3) is 0.364. The Morgan fingerprint density at radius 1 is 1.13 bits per heavy atom. The number of carbonyl (C=O) groups excluding carboxylic acids is 2. The Labute approximate surface area is 186 Å². The number of carbonyl (C=O) groups is 2. The van der Waals surface area contributed by atoms with Crippen LogP contribution in [0, 0.1) is 5.82 Å². The summed E-state index contributed by atoms with van der Waals surface area (Å²) in [6, 6.07) is 9.52. The van der Waals surface area contributed by atoms with Gasteiger partial charge in [0.25, 0.3) is 5.91 Å². The van der Waals surface area contributed by atoms with Crippen LogP contribution in [-0.2, 0) is 16.1 Å². The molecule has 0 aliphatic carbocycles. The van der Waals surface area contributed by atoms with Crippen molar-refractivity contribution >= 4 is 35.0 Å². The number of amides is 2. The van der Waals surface area contributed by atoms with Crippen molar-refractivity contribution in [3.8, 4) is 5.75 Å². The van der Waals surface area contributed by atoms with Crippen LogP contribution in [0.15, 0.2) is 42.5 Å². The molecule has 1 atom stereocenters. The van der Waals surface area contributed by atoms with E-state index < -0.39 is 23.3 Å². The molecule has 0 saturated heterocycles. The molecule has 0 aliphatic heterocycles. The highest BCUT2D eigenvalue weighted by Gasteiger charge is 2.29. The zero-order valence-corrected chi connectivity index (χ0v) is 18.9. The first-order chi connectivity index (χ1) is 14.0. The first-order valence-electron chi connectivity index (χ1n) is 9.40. The van der Waals surface area contributed by atoms with Crippen LogP contribution in [0.4, 0.5) is 4.39 Å². The molecule has 2 amide bonds. The predicted molar refractivity (Wildman–Crippen MR) is 116 cm³/mol. The van der Waals surface area contributed by atoms with E-state index in [2.05, 4.69) is 5.32 Å². The predicted octanol–water partition coefficient (Wildman–Crippen LogP) is 4.84. The van der Waals surface area contributed by atoms with Gasteiger partial charge in [0.1, 0.15) is 17.6 Å². The third kappa shape index (κ3) is 7.18. The van der Waals surface area contributed by atoms with E-state index in [0.29, 0.717) is 21.4 Å². The quantitative estimate of drug-likeness (QED) is 0.650. The van der Waals surface area contributed by atoms with Gasteiger partial charge in [0.15, 0.2) is 6.61 Å². The van der Waals surface area contributed by atoms with E-state index in [4.69, 9.17) is 27.9 Å². The fourth-order valence-electron chi connectivity index (χ4n) is 2.65. The summed E-state index contributed by atoms with van der Waals surface area (Å²) >= 11 is 12.2. The van der Waals surface area contributed by atoms with Gasteiger partial charge in [-0.2, -0.15) is 0 Å². The van der Waals surface area contributed by atoms with E-state index in [1.165, 1.54) is 29.2 Å². The van der Waals surface area contributed by atoms with Gasteiger partial charge in [0.2, 0.25) is 5.91 Å². The summed E-state index contributed by atoms with van der Waals surface area (Å²) in [5, 5.41) is 3.74. The minimum atomic E-state index is -0.778. The van der Waals surface area contributed by atoms with Crippen LogP contribution in [0.3, 0.4) is 0 Å². The number of nitrogens with one attached hydrogen (secondary N) is 1. The van der Waals surface area contributed by atoms with Crippen molar-refractivity contribution in [2.24, 2.45) is 0 Å². The van der Waals surface area contributed by atoms with Crippen molar-refractivity contribution in [2.45, 2.75) is 45.8 Å². The molecule has 162 valence electrons. The van der Waals surface area contributed by atoms with Gasteiger partial charge in [-0.3, -0.25) is 9.59 Å². The van der Waals surface area contributed by atoms with Gasteiger partial charge in [-0.05, 0) is 69.7 Å². The first-order valence-corrected chi connectivity index (χ1v) is 10.2. The summed E-state index contributed by atoms with van der Waals surface area (Å²) in [5.41, 5.74) is 0.189. The van der Waals surface area contributed by atoms with E-state index in [1.54, 1.807) is 25.1 Å². The van der Waals surface area contributed by atoms with Gasteiger partial charge in [0.05, 0.1) is 0 Å². The van der Waals surface area contributed by atoms with Crippen molar-refractivity contribution in [1.29, 1.82) is 0 Å². The third-order valence-electron chi connectivity index (χ3n) is 4.20. The lowest BCUT2D eigenvalue weighted by Gasteiger charge is -2.31. The van der Waals surface area contributed by atoms with E-state index >= 15 is 0 Å². The highest BCUT2D eigenvalue weighted by molar-refractivity contribution is 6.35. The number of rotatable bonds is 7. The second-order valence-corrected chi connectivity index (χ2v) is 8.76. The second-order valence-electron chi connectivity index (χ2n) is 7.92. The van der Waals surface area contributed by atoms with Gasteiger partial charge in [0, 0.05) is 22.1 Å². The summed E-state index contributed by atoms with van der Waals surface area (Å²) in [6.45, 7) is 7.00. The van der Waals surface area contributed by atoms with Gasteiger partial charge >= 0.3 is 0 Å². The largest absolute Gasteiger partial charge is 0.484 e. The lowest BCUT2D eigenvalue weighted by atomic mass is 10.1. The third-order valence-corrected chi connectivity index (χ3v) is 4.78. The van der Waals surface area contributed by atoms with Crippen LogP contribution in [0.2, 0.25) is 10.0 Å². The molecule has 0 aromatic heterocycles. The lowest BCUT2D eigenvalue weighted by Crippen LogP contribution is -2.53. The Morgan fingerprint density at radius 3 is 2.33 bits per heavy atom. The molecule has 0 fully saturated rings. The molecule has 0 aliphatic rings. The fourth-order valence-corrected chi connectivity index (χ4v) is 3.12. The van der Waals surface area contributed by atoms with Crippen LogP contribution in [0.1, 0.15) is 33.3 Å². The molecule has 0 radical (unpaired) electrons. The van der Waals surface area contributed by atoms with Crippen LogP contribution in [-0.4, -0.2) is 34.9 Å². The van der Waals surface area contributed by atoms with Crippen molar-refractivity contribution in [3.05, 3.63) is 63.9 Å². The Balaban J connectivity index is 2.21. The normalized spacial score (nSPS) is 12.2. The molecule has 0 heterocycles. The minimum absolute atomic E-state index is 0.0976. The van der Waals surface area contributed by atoms with E-state index in [1.807, 2.05) is 20.8 Å². The first kappa shape index (κ1) is 24.0. The second kappa shape index (κ2) is 10.1. The van der Waals surface area contributed by atoms with Gasteiger partial charge in [-0.1, -0.05) is 29.3 Å². The molecular weight excluding hydrogens is 430 g/mol. The van der Waals surface area contributed by atoms with E-state index in [-0.39, 0.29) is 19.1 Å². The SMILES string of the molecule is C[C@H](C(=O)NC(C)(C)C)N(Cc1ccc(Cl)cc1Cl)C(=O)COc1ccc(F)cc1. The molecule has 8 heteroatoms. The minimum Gasteiger partial charge on any atom is -0.484 e. The maximum absolute atomic E-state index is 13.1. The molecule has 2 rings (SSSR count). The molecule has 0 spiro atoms. The maximum atomic E-state index is 13.1. The van der Waals surface area contributed by atoms with E-state index in [9.17, 15) is 14.0 Å². The molecule has 0 unspecified atom stereocenters. The summed E-state index contributed by atoms with van der Waals surface area (Å²) in [6.07, 6.45) is 0. The zero-order chi connectivity index (χ0) is 22.5. The van der Waals surface area contributed by atoms with Crippen LogP contribution in [0.25, 0.3) is 0 Å². The lowest BCUT2D eigenvalue weighted by molar-refractivity contribution is -0.142. The Morgan fingerprint density at radius 2 is 1.77 bits per heavy atom. The molecule has 2 aromatic rings. The Kier molecular flexibility index (Phi) is 8.10. The Bertz CT molecular complexity index is 898. The molecule has 5 nitrogen and oxygen atoms in total. The standard InChI is InChI=1S/C22H25Cl2FN2O3/c1-14(21(29)26-22(2,3)4)27(12-15-5-6-16(23)11-19(15)24)20(28)13-30-18-9-7-17(25)8-10-18/h5-11,14H,12-13H2,1-4H3,(H,26,29)/t14-/m1/s1. The maximum Gasteiger partial charge on any atom is 0.261 e. The number of nitrogens with zero attached hydrogens (tertiary/aromatic N) is 1.